The van der Waals surface area contributed by atoms with Gasteiger partial charge in [0, 0.05) is 11.3 Å². The fourth-order valence-corrected chi connectivity index (χ4v) is 3.07. The van der Waals surface area contributed by atoms with Gasteiger partial charge in [-0.25, -0.2) is 0 Å². The molecule has 0 heterocycles. The van der Waals surface area contributed by atoms with Crippen LogP contribution >= 0.6 is 0 Å². The number of ether oxygens (including phenoxy) is 2. The molecule has 160 valence electrons. The number of carbonyl (C=O) groups excluding carboxylic acids is 3. The first-order valence-corrected chi connectivity index (χ1v) is 9.77. The number of benzene rings is 3. The number of nitrogens with one attached hydrogen (secondary N) is 1. The molecule has 0 fully saturated rings. The third-order valence-corrected chi connectivity index (χ3v) is 5.02. The van der Waals surface area contributed by atoms with Crippen molar-refractivity contribution >= 4 is 34.2 Å². The second-order valence-corrected chi connectivity index (χ2v) is 7.20. The van der Waals surface area contributed by atoms with Crippen LogP contribution in [0.3, 0.4) is 0 Å². The number of fused-ring (bicyclic) bond motifs is 1. The summed E-state index contributed by atoms with van der Waals surface area (Å²) < 4.78 is 10.6. The van der Waals surface area contributed by atoms with Crippen molar-refractivity contribution in [1.82, 2.24) is 0 Å². The largest absolute Gasteiger partial charge is 0.497 e. The molecule has 7 heteroatoms. The summed E-state index contributed by atoms with van der Waals surface area (Å²) in [6.07, 6.45) is -0.990. The summed E-state index contributed by atoms with van der Waals surface area (Å²) >= 11 is 0. The first-order chi connectivity index (χ1) is 14.8. The van der Waals surface area contributed by atoms with Crippen molar-refractivity contribution in [1.29, 1.82) is 0 Å². The number of methoxy groups -OCH3 is 1. The Balaban J connectivity index is 1.63. The number of nitrogens with two attached hydrogens (primary N) is 1. The molecule has 3 rings (SSSR count). The maximum absolute atomic E-state index is 12.6. The quantitative estimate of drug-likeness (QED) is 0.568. The van der Waals surface area contributed by atoms with Gasteiger partial charge in [-0.15, -0.1) is 0 Å². The topological polar surface area (TPSA) is 108 Å². The molecule has 0 spiro atoms. The van der Waals surface area contributed by atoms with Gasteiger partial charge in [0.2, 0.25) is 5.91 Å². The average Bonchev–Trinajstić information content (AvgIpc) is 2.77. The summed E-state index contributed by atoms with van der Waals surface area (Å²) in [4.78, 5) is 36.1. The van der Waals surface area contributed by atoms with Gasteiger partial charge in [0.1, 0.15) is 5.75 Å². The highest BCUT2D eigenvalue weighted by molar-refractivity contribution is 5.97. The number of esters is 1. The summed E-state index contributed by atoms with van der Waals surface area (Å²) in [7, 11) is 1.61. The van der Waals surface area contributed by atoms with E-state index in [4.69, 9.17) is 15.2 Å². The molecule has 7 nitrogen and oxygen atoms in total. The van der Waals surface area contributed by atoms with Crippen LogP contribution in [0.2, 0.25) is 0 Å². The van der Waals surface area contributed by atoms with Crippen molar-refractivity contribution in [2.75, 3.05) is 12.4 Å². The number of primary amides is 1. The van der Waals surface area contributed by atoms with E-state index in [1.54, 1.807) is 26.2 Å². The first-order valence-electron chi connectivity index (χ1n) is 9.77. The predicted octanol–water partition coefficient (Wildman–Crippen LogP) is 3.62. The van der Waals surface area contributed by atoms with Crippen LogP contribution in [0.25, 0.3) is 10.8 Å². The molecular formula is C24H24N2O5. The summed E-state index contributed by atoms with van der Waals surface area (Å²) in [6.45, 7) is 3.24. The fraction of sp³-hybridized carbons (Fsp3) is 0.208. The van der Waals surface area contributed by atoms with Crippen molar-refractivity contribution in [3.05, 3.63) is 71.8 Å². The second kappa shape index (κ2) is 9.30. The Morgan fingerprint density at radius 3 is 2.19 bits per heavy atom. The number of anilines is 1. The minimum atomic E-state index is -0.990. The lowest BCUT2D eigenvalue weighted by Crippen LogP contribution is -2.31. The number of hydrogen-bond donors (Lipinski definition) is 2. The van der Waals surface area contributed by atoms with Crippen LogP contribution in [0.1, 0.15) is 35.7 Å². The highest BCUT2D eigenvalue weighted by Gasteiger charge is 2.23. The van der Waals surface area contributed by atoms with E-state index in [1.165, 1.54) is 19.1 Å². The van der Waals surface area contributed by atoms with Crippen LogP contribution in [0.5, 0.6) is 5.75 Å². The van der Waals surface area contributed by atoms with Gasteiger partial charge >= 0.3 is 5.97 Å². The standard InChI is InChI=1S/C24H24N2O5/c1-14(17-4-5-19-13-21(30-3)11-8-18(19)12-17)24(29)31-15(2)23(28)26-20-9-6-16(7-10-20)22(25)27/h4-15H,1-3H3,(H2,25,27)(H,26,28)/t14-,15+/m0/s1. The van der Waals surface area contributed by atoms with Gasteiger partial charge < -0.3 is 20.5 Å². The van der Waals surface area contributed by atoms with Crippen LogP contribution in [-0.4, -0.2) is 31.0 Å². The molecule has 3 N–H and O–H groups in total. The van der Waals surface area contributed by atoms with E-state index in [2.05, 4.69) is 5.32 Å². The second-order valence-electron chi connectivity index (χ2n) is 7.20. The Morgan fingerprint density at radius 1 is 0.903 bits per heavy atom. The maximum Gasteiger partial charge on any atom is 0.313 e. The van der Waals surface area contributed by atoms with Gasteiger partial charge in [-0.1, -0.05) is 24.3 Å². The molecule has 0 bridgehead atoms. The van der Waals surface area contributed by atoms with E-state index in [1.807, 2.05) is 36.4 Å². The van der Waals surface area contributed by atoms with Crippen LogP contribution in [-0.2, 0) is 14.3 Å². The van der Waals surface area contributed by atoms with Crippen molar-refractivity contribution in [2.24, 2.45) is 5.73 Å². The highest BCUT2D eigenvalue weighted by Crippen LogP contribution is 2.26. The zero-order valence-electron chi connectivity index (χ0n) is 17.5. The molecule has 2 atom stereocenters. The Hall–Kier alpha value is -3.87. The zero-order valence-corrected chi connectivity index (χ0v) is 17.5. The molecule has 0 saturated heterocycles. The Kier molecular flexibility index (Phi) is 6.55. The molecule has 2 amide bonds. The van der Waals surface area contributed by atoms with Crippen LogP contribution < -0.4 is 15.8 Å². The number of amides is 2. The van der Waals surface area contributed by atoms with E-state index < -0.39 is 29.8 Å². The average molecular weight is 420 g/mol. The lowest BCUT2D eigenvalue weighted by molar-refractivity contribution is -0.154. The van der Waals surface area contributed by atoms with Gasteiger partial charge in [0.05, 0.1) is 13.0 Å². The minimum Gasteiger partial charge on any atom is -0.497 e. The summed E-state index contributed by atoms with van der Waals surface area (Å²) in [5.74, 6) is -1.31. The molecule has 3 aromatic carbocycles. The molecule has 0 unspecified atom stereocenters. The Morgan fingerprint density at radius 2 is 1.55 bits per heavy atom. The molecule has 0 aliphatic heterocycles. The Bertz CT molecular complexity index is 1120. The summed E-state index contributed by atoms with van der Waals surface area (Å²) in [5, 5.41) is 4.62. The SMILES string of the molecule is COc1ccc2cc([C@H](C)C(=O)O[C@H](C)C(=O)Nc3ccc(C(N)=O)cc3)ccc2c1. The Labute approximate surface area is 180 Å². The van der Waals surface area contributed by atoms with E-state index in [9.17, 15) is 14.4 Å². The monoisotopic (exact) mass is 420 g/mol. The van der Waals surface area contributed by atoms with Crippen molar-refractivity contribution in [3.8, 4) is 5.75 Å². The van der Waals surface area contributed by atoms with E-state index >= 15 is 0 Å². The third-order valence-electron chi connectivity index (χ3n) is 5.02. The van der Waals surface area contributed by atoms with Gasteiger partial charge in [0.25, 0.3) is 5.91 Å². The van der Waals surface area contributed by atoms with E-state index in [0.717, 1.165) is 22.1 Å². The molecule has 0 aliphatic carbocycles. The predicted molar refractivity (Wildman–Crippen MR) is 118 cm³/mol. The van der Waals surface area contributed by atoms with Gasteiger partial charge in [-0.05, 0) is 66.6 Å². The van der Waals surface area contributed by atoms with Gasteiger partial charge in [0.15, 0.2) is 6.10 Å². The lowest BCUT2D eigenvalue weighted by Gasteiger charge is -2.17. The third kappa shape index (κ3) is 5.19. The fourth-order valence-electron chi connectivity index (χ4n) is 3.07. The lowest BCUT2D eigenvalue weighted by atomic mass is 9.98. The first kappa shape index (κ1) is 21.8. The minimum absolute atomic E-state index is 0.333. The summed E-state index contributed by atoms with van der Waals surface area (Å²) in [6, 6.07) is 17.5. The van der Waals surface area contributed by atoms with Gasteiger partial charge in [-0.3, -0.25) is 14.4 Å². The number of hydrogen-bond acceptors (Lipinski definition) is 5. The molecule has 0 aliphatic rings. The smallest absolute Gasteiger partial charge is 0.313 e. The maximum atomic E-state index is 12.6. The van der Waals surface area contributed by atoms with E-state index in [0.29, 0.717) is 11.3 Å². The molecule has 0 saturated carbocycles. The van der Waals surface area contributed by atoms with Crippen molar-refractivity contribution < 1.29 is 23.9 Å². The number of carbonyl (C=O) groups is 3. The molecular weight excluding hydrogens is 396 g/mol. The molecule has 0 radical (unpaired) electrons. The molecule has 31 heavy (non-hydrogen) atoms. The molecule has 0 aromatic heterocycles. The van der Waals surface area contributed by atoms with Crippen molar-refractivity contribution in [2.45, 2.75) is 25.9 Å². The zero-order chi connectivity index (χ0) is 22.5. The molecule has 3 aromatic rings. The summed E-state index contributed by atoms with van der Waals surface area (Å²) in [5.41, 5.74) is 6.79. The van der Waals surface area contributed by atoms with Crippen LogP contribution in [0.15, 0.2) is 60.7 Å². The van der Waals surface area contributed by atoms with Crippen LogP contribution in [0, 0.1) is 0 Å². The van der Waals surface area contributed by atoms with Crippen molar-refractivity contribution in [3.63, 3.8) is 0 Å². The van der Waals surface area contributed by atoms with E-state index in [-0.39, 0.29) is 0 Å². The highest BCUT2D eigenvalue weighted by atomic mass is 16.5. The van der Waals surface area contributed by atoms with Crippen LogP contribution in [0.4, 0.5) is 5.69 Å². The van der Waals surface area contributed by atoms with Gasteiger partial charge in [-0.2, -0.15) is 0 Å². The number of rotatable bonds is 7. The normalized spacial score (nSPS) is 12.6.